The van der Waals surface area contributed by atoms with Gasteiger partial charge in [0.05, 0.1) is 0 Å². The lowest BCUT2D eigenvalue weighted by molar-refractivity contribution is 0.276. The maximum Gasteiger partial charge on any atom is -0.00336 e. The summed E-state index contributed by atoms with van der Waals surface area (Å²) >= 11 is 2.09. The number of rotatable bonds is 2. The molecule has 66 valence electrons. The zero-order valence-corrected chi connectivity index (χ0v) is 8.36. The van der Waals surface area contributed by atoms with Crippen LogP contribution in [0.5, 0.6) is 0 Å². The molecule has 2 heteroatoms. The molecule has 0 amide bonds. The summed E-state index contributed by atoms with van der Waals surface area (Å²) in [7, 11) is 0. The summed E-state index contributed by atoms with van der Waals surface area (Å²) in [5, 5.41) is 0. The highest BCUT2D eigenvalue weighted by molar-refractivity contribution is 7.99. The zero-order chi connectivity index (χ0) is 8.27. The fraction of sp³-hybridized carbons (Fsp3) is 1.00. The van der Waals surface area contributed by atoms with Crippen LogP contribution in [-0.2, 0) is 0 Å². The van der Waals surface area contributed by atoms with Gasteiger partial charge in [-0.2, -0.15) is 11.8 Å². The summed E-state index contributed by atoms with van der Waals surface area (Å²) in [6.07, 6.45) is 1.34. The number of thioether (sulfide) groups is 1. The van der Waals surface area contributed by atoms with Gasteiger partial charge >= 0.3 is 0 Å². The second-order valence-corrected chi connectivity index (χ2v) is 4.92. The summed E-state index contributed by atoms with van der Waals surface area (Å²) in [4.78, 5) is 0. The Hall–Kier alpha value is 0.310. The van der Waals surface area contributed by atoms with Crippen molar-refractivity contribution in [2.24, 2.45) is 23.5 Å². The summed E-state index contributed by atoms with van der Waals surface area (Å²) in [6.45, 7) is 5.53. The third-order valence-electron chi connectivity index (χ3n) is 2.71. The highest BCUT2D eigenvalue weighted by Gasteiger charge is 2.26. The van der Waals surface area contributed by atoms with Crippen molar-refractivity contribution >= 4 is 11.8 Å². The molecule has 0 saturated carbocycles. The van der Waals surface area contributed by atoms with Crippen LogP contribution in [0.4, 0.5) is 0 Å². The predicted octanol–water partition coefficient (Wildman–Crippen LogP) is 1.97. The van der Waals surface area contributed by atoms with Crippen LogP contribution in [0.1, 0.15) is 20.3 Å². The van der Waals surface area contributed by atoms with Crippen molar-refractivity contribution in [2.75, 3.05) is 18.1 Å². The molecule has 2 N–H and O–H groups in total. The van der Waals surface area contributed by atoms with Gasteiger partial charge in [0.15, 0.2) is 0 Å². The standard InChI is InChI=1S/C9H19NS/c1-7(2)9-6-11-4-3-8(9)5-10/h7-9H,3-6,10H2,1-2H3. The SMILES string of the molecule is CC(C)C1CSCCC1CN. The van der Waals surface area contributed by atoms with E-state index in [-0.39, 0.29) is 0 Å². The van der Waals surface area contributed by atoms with Crippen molar-refractivity contribution in [2.45, 2.75) is 20.3 Å². The molecule has 2 atom stereocenters. The Balaban J connectivity index is 2.44. The smallest absolute Gasteiger partial charge is 0.00336 e. The van der Waals surface area contributed by atoms with Crippen LogP contribution in [-0.4, -0.2) is 18.1 Å². The first kappa shape index (κ1) is 9.40. The van der Waals surface area contributed by atoms with E-state index in [1.807, 2.05) is 0 Å². The van der Waals surface area contributed by atoms with Gasteiger partial charge in [-0.1, -0.05) is 13.8 Å². The van der Waals surface area contributed by atoms with Gasteiger partial charge in [-0.05, 0) is 42.2 Å². The molecule has 0 aromatic rings. The molecule has 1 nitrogen and oxygen atoms in total. The van der Waals surface area contributed by atoms with Gasteiger partial charge in [0.25, 0.3) is 0 Å². The monoisotopic (exact) mass is 173 g/mol. The second-order valence-electron chi connectivity index (χ2n) is 3.77. The highest BCUT2D eigenvalue weighted by Crippen LogP contribution is 2.32. The maximum atomic E-state index is 5.72. The minimum absolute atomic E-state index is 0.802. The quantitative estimate of drug-likeness (QED) is 0.691. The van der Waals surface area contributed by atoms with Crippen molar-refractivity contribution < 1.29 is 0 Å². The number of nitrogens with two attached hydrogens (primary N) is 1. The highest BCUT2D eigenvalue weighted by atomic mass is 32.2. The molecule has 1 aliphatic rings. The van der Waals surface area contributed by atoms with Gasteiger partial charge in [0.2, 0.25) is 0 Å². The Kier molecular flexibility index (Phi) is 3.73. The first-order valence-corrected chi connectivity index (χ1v) is 5.69. The van der Waals surface area contributed by atoms with Gasteiger partial charge in [0, 0.05) is 0 Å². The largest absolute Gasteiger partial charge is 0.330 e. The predicted molar refractivity (Wildman–Crippen MR) is 52.8 cm³/mol. The summed E-state index contributed by atoms with van der Waals surface area (Å²) in [6, 6.07) is 0. The van der Waals surface area contributed by atoms with Crippen LogP contribution < -0.4 is 5.73 Å². The molecule has 0 aliphatic carbocycles. The molecular weight excluding hydrogens is 154 g/mol. The maximum absolute atomic E-state index is 5.72. The zero-order valence-electron chi connectivity index (χ0n) is 7.55. The normalized spacial score (nSPS) is 32.7. The molecule has 0 aromatic heterocycles. The second kappa shape index (κ2) is 4.36. The number of hydrogen-bond acceptors (Lipinski definition) is 2. The summed E-state index contributed by atoms with van der Waals surface area (Å²) < 4.78 is 0. The third kappa shape index (κ3) is 2.38. The summed E-state index contributed by atoms with van der Waals surface area (Å²) in [5.74, 6) is 5.15. The molecule has 0 spiro atoms. The van der Waals surface area contributed by atoms with E-state index in [1.165, 1.54) is 17.9 Å². The minimum Gasteiger partial charge on any atom is -0.330 e. The van der Waals surface area contributed by atoms with Crippen molar-refractivity contribution in [1.29, 1.82) is 0 Å². The van der Waals surface area contributed by atoms with E-state index in [0.29, 0.717) is 0 Å². The fourth-order valence-corrected chi connectivity index (χ4v) is 3.40. The van der Waals surface area contributed by atoms with Crippen LogP contribution in [0.15, 0.2) is 0 Å². The molecule has 0 radical (unpaired) electrons. The van der Waals surface area contributed by atoms with Crippen molar-refractivity contribution in [3.05, 3.63) is 0 Å². The van der Waals surface area contributed by atoms with E-state index in [4.69, 9.17) is 5.73 Å². The van der Waals surface area contributed by atoms with Crippen LogP contribution in [0.3, 0.4) is 0 Å². The first-order valence-electron chi connectivity index (χ1n) is 4.53. The molecular formula is C9H19NS. The van der Waals surface area contributed by atoms with Gasteiger partial charge in [-0.3, -0.25) is 0 Å². The Morgan fingerprint density at radius 3 is 2.73 bits per heavy atom. The van der Waals surface area contributed by atoms with E-state index in [1.54, 1.807) is 0 Å². The van der Waals surface area contributed by atoms with E-state index < -0.39 is 0 Å². The molecule has 1 aliphatic heterocycles. The van der Waals surface area contributed by atoms with Gasteiger partial charge in [-0.25, -0.2) is 0 Å². The third-order valence-corrected chi connectivity index (χ3v) is 3.85. The minimum atomic E-state index is 0.802. The van der Waals surface area contributed by atoms with Crippen LogP contribution in [0, 0.1) is 17.8 Å². The van der Waals surface area contributed by atoms with Gasteiger partial charge in [-0.15, -0.1) is 0 Å². The molecule has 11 heavy (non-hydrogen) atoms. The van der Waals surface area contributed by atoms with Gasteiger partial charge in [0.1, 0.15) is 0 Å². The van der Waals surface area contributed by atoms with E-state index in [2.05, 4.69) is 25.6 Å². The lowest BCUT2D eigenvalue weighted by Gasteiger charge is -2.33. The average Bonchev–Trinajstić information content (AvgIpc) is 2.04. The lowest BCUT2D eigenvalue weighted by Crippen LogP contribution is -2.32. The Morgan fingerprint density at radius 2 is 2.27 bits per heavy atom. The molecule has 2 unspecified atom stereocenters. The van der Waals surface area contributed by atoms with Crippen LogP contribution in [0.25, 0.3) is 0 Å². The van der Waals surface area contributed by atoms with Crippen molar-refractivity contribution in [3.63, 3.8) is 0 Å². The molecule has 1 heterocycles. The molecule has 1 saturated heterocycles. The average molecular weight is 173 g/mol. The Bertz CT molecular complexity index is 114. The van der Waals surface area contributed by atoms with E-state index >= 15 is 0 Å². The van der Waals surface area contributed by atoms with E-state index in [9.17, 15) is 0 Å². The molecule has 0 bridgehead atoms. The van der Waals surface area contributed by atoms with E-state index in [0.717, 1.165) is 24.3 Å². The molecule has 0 aromatic carbocycles. The van der Waals surface area contributed by atoms with Gasteiger partial charge < -0.3 is 5.73 Å². The number of hydrogen-bond donors (Lipinski definition) is 1. The fourth-order valence-electron chi connectivity index (χ4n) is 1.83. The Morgan fingerprint density at radius 1 is 1.55 bits per heavy atom. The van der Waals surface area contributed by atoms with Crippen molar-refractivity contribution in [1.82, 2.24) is 0 Å². The Labute approximate surface area is 74.1 Å². The molecule has 1 rings (SSSR count). The molecule has 1 fully saturated rings. The van der Waals surface area contributed by atoms with Crippen LogP contribution >= 0.6 is 11.8 Å². The van der Waals surface area contributed by atoms with Crippen LogP contribution in [0.2, 0.25) is 0 Å². The first-order chi connectivity index (χ1) is 5.25. The van der Waals surface area contributed by atoms with Crippen molar-refractivity contribution in [3.8, 4) is 0 Å². The lowest BCUT2D eigenvalue weighted by atomic mass is 9.83. The topological polar surface area (TPSA) is 26.0 Å². The summed E-state index contributed by atoms with van der Waals surface area (Å²) in [5.41, 5.74) is 5.72.